The normalized spacial score (nSPS) is 25.4. The smallest absolute Gasteiger partial charge is 0.226 e. The Labute approximate surface area is 187 Å². The Hall–Kier alpha value is -1.67. The number of methoxy groups -OCH3 is 1. The van der Waals surface area contributed by atoms with Gasteiger partial charge in [0, 0.05) is 25.5 Å². The predicted octanol–water partition coefficient (Wildman–Crippen LogP) is 3.26. The zero-order valence-corrected chi connectivity index (χ0v) is 18.5. The second-order valence-electron chi connectivity index (χ2n) is 7.94. The minimum absolute atomic E-state index is 0. The Morgan fingerprint density at radius 3 is 2.83 bits per heavy atom. The molecule has 164 valence electrons. The minimum atomic E-state index is 0. The quantitative estimate of drug-likeness (QED) is 0.666. The van der Waals surface area contributed by atoms with E-state index in [0.717, 1.165) is 31.5 Å². The van der Waals surface area contributed by atoms with E-state index in [1.165, 1.54) is 0 Å². The highest BCUT2D eigenvalue weighted by molar-refractivity contribution is 6.33. The molecule has 1 amide bonds. The SMILES string of the molecule is CO[C@H]1C[C@@H]2CNC[C@@H]2C[C@@H]1NC(=O)CCCc1nc(-c2ccccc2Cl)no1.Cl. The number of nitrogens with zero attached hydrogens (tertiary/aromatic N) is 2. The van der Waals surface area contributed by atoms with Crippen LogP contribution in [-0.2, 0) is 16.0 Å². The fourth-order valence-electron chi connectivity index (χ4n) is 4.48. The Balaban J connectivity index is 0.00000256. The first kappa shape index (κ1) is 23.0. The number of hydrogen-bond donors (Lipinski definition) is 2. The first-order valence-corrected chi connectivity index (χ1v) is 10.6. The topological polar surface area (TPSA) is 89.3 Å². The van der Waals surface area contributed by atoms with Crippen LogP contribution in [0.5, 0.6) is 0 Å². The molecule has 4 rings (SSSR count). The van der Waals surface area contributed by atoms with Crippen LogP contribution in [0.4, 0.5) is 0 Å². The van der Waals surface area contributed by atoms with Gasteiger partial charge in [-0.3, -0.25) is 4.79 Å². The second kappa shape index (κ2) is 10.6. The van der Waals surface area contributed by atoms with Crippen LogP contribution in [0.15, 0.2) is 28.8 Å². The molecule has 0 spiro atoms. The first-order valence-electron chi connectivity index (χ1n) is 10.2. The van der Waals surface area contributed by atoms with Gasteiger partial charge in [0.15, 0.2) is 0 Å². The first-order chi connectivity index (χ1) is 14.1. The van der Waals surface area contributed by atoms with Crippen molar-refractivity contribution in [1.82, 2.24) is 20.8 Å². The molecule has 1 saturated heterocycles. The van der Waals surface area contributed by atoms with Crippen LogP contribution in [0.2, 0.25) is 5.02 Å². The summed E-state index contributed by atoms with van der Waals surface area (Å²) in [7, 11) is 1.73. The fourth-order valence-corrected chi connectivity index (χ4v) is 4.70. The van der Waals surface area contributed by atoms with E-state index in [4.69, 9.17) is 20.9 Å². The van der Waals surface area contributed by atoms with Gasteiger partial charge >= 0.3 is 0 Å². The maximum Gasteiger partial charge on any atom is 0.226 e. The van der Waals surface area contributed by atoms with Crippen molar-refractivity contribution in [3.05, 3.63) is 35.2 Å². The van der Waals surface area contributed by atoms with Gasteiger partial charge in [0.05, 0.1) is 17.2 Å². The number of rotatable bonds is 7. The van der Waals surface area contributed by atoms with Gasteiger partial charge in [-0.2, -0.15) is 4.98 Å². The summed E-state index contributed by atoms with van der Waals surface area (Å²) in [5.74, 6) is 2.33. The van der Waals surface area contributed by atoms with Gasteiger partial charge in [-0.15, -0.1) is 12.4 Å². The zero-order valence-electron chi connectivity index (χ0n) is 17.0. The highest BCUT2D eigenvalue weighted by atomic mass is 35.5. The summed E-state index contributed by atoms with van der Waals surface area (Å²) in [6.45, 7) is 2.10. The van der Waals surface area contributed by atoms with Crippen molar-refractivity contribution >= 4 is 29.9 Å². The third kappa shape index (κ3) is 5.32. The number of halogens is 2. The van der Waals surface area contributed by atoms with Gasteiger partial charge in [0.1, 0.15) is 0 Å². The number of benzene rings is 1. The molecule has 0 unspecified atom stereocenters. The minimum Gasteiger partial charge on any atom is -0.379 e. The van der Waals surface area contributed by atoms with Gasteiger partial charge < -0.3 is 19.9 Å². The number of carbonyl (C=O) groups is 1. The van der Waals surface area contributed by atoms with E-state index in [9.17, 15) is 4.79 Å². The van der Waals surface area contributed by atoms with E-state index in [2.05, 4.69) is 20.8 Å². The molecule has 1 aliphatic heterocycles. The van der Waals surface area contributed by atoms with Gasteiger partial charge in [-0.25, -0.2) is 0 Å². The molecule has 0 bridgehead atoms. The van der Waals surface area contributed by atoms with Crippen LogP contribution in [0.3, 0.4) is 0 Å². The molecule has 2 aromatic rings. The largest absolute Gasteiger partial charge is 0.379 e. The summed E-state index contributed by atoms with van der Waals surface area (Å²) >= 11 is 6.18. The number of nitrogens with one attached hydrogen (secondary N) is 2. The van der Waals surface area contributed by atoms with Crippen LogP contribution in [-0.4, -0.2) is 48.4 Å². The third-order valence-corrected chi connectivity index (χ3v) is 6.38. The predicted molar refractivity (Wildman–Crippen MR) is 117 cm³/mol. The van der Waals surface area contributed by atoms with E-state index in [0.29, 0.717) is 47.8 Å². The van der Waals surface area contributed by atoms with E-state index in [1.54, 1.807) is 13.2 Å². The monoisotopic (exact) mass is 454 g/mol. The van der Waals surface area contributed by atoms with E-state index < -0.39 is 0 Å². The summed E-state index contributed by atoms with van der Waals surface area (Å²) in [5, 5.41) is 11.2. The molecule has 1 aromatic heterocycles. The van der Waals surface area contributed by atoms with Gasteiger partial charge in [-0.05, 0) is 56.3 Å². The molecule has 7 nitrogen and oxygen atoms in total. The van der Waals surface area contributed by atoms with Crippen LogP contribution >= 0.6 is 24.0 Å². The lowest BCUT2D eigenvalue weighted by Crippen LogP contribution is -2.50. The second-order valence-corrected chi connectivity index (χ2v) is 8.35. The average Bonchev–Trinajstić information content (AvgIpc) is 3.36. The van der Waals surface area contributed by atoms with Crippen LogP contribution < -0.4 is 10.6 Å². The Kier molecular flexibility index (Phi) is 8.11. The Morgan fingerprint density at radius 2 is 2.07 bits per heavy atom. The van der Waals surface area contributed by atoms with Crippen LogP contribution in [0.1, 0.15) is 31.6 Å². The lowest BCUT2D eigenvalue weighted by atomic mass is 9.77. The molecule has 1 aliphatic carbocycles. The van der Waals surface area contributed by atoms with Crippen molar-refractivity contribution in [2.24, 2.45) is 11.8 Å². The van der Waals surface area contributed by atoms with Crippen molar-refractivity contribution in [2.45, 2.75) is 44.2 Å². The molecule has 2 fully saturated rings. The molecule has 4 atom stereocenters. The Bertz CT molecular complexity index is 847. The van der Waals surface area contributed by atoms with Gasteiger partial charge in [0.2, 0.25) is 17.6 Å². The highest BCUT2D eigenvalue weighted by Gasteiger charge is 2.40. The maximum atomic E-state index is 12.5. The zero-order chi connectivity index (χ0) is 20.2. The van der Waals surface area contributed by atoms with E-state index in [-0.39, 0.29) is 30.5 Å². The molecular formula is C21H28Cl2N4O3. The summed E-state index contributed by atoms with van der Waals surface area (Å²) in [4.78, 5) is 16.9. The van der Waals surface area contributed by atoms with Crippen molar-refractivity contribution in [1.29, 1.82) is 0 Å². The molecule has 2 heterocycles. The lowest BCUT2D eigenvalue weighted by molar-refractivity contribution is -0.123. The number of carbonyl (C=O) groups excluding carboxylic acids is 1. The third-order valence-electron chi connectivity index (χ3n) is 6.05. The number of fused-ring (bicyclic) bond motifs is 1. The molecule has 9 heteroatoms. The number of aryl methyl sites for hydroxylation is 1. The molecule has 1 saturated carbocycles. The lowest BCUT2D eigenvalue weighted by Gasteiger charge is -2.37. The highest BCUT2D eigenvalue weighted by Crippen LogP contribution is 2.34. The van der Waals surface area contributed by atoms with Crippen molar-refractivity contribution in [3.8, 4) is 11.4 Å². The maximum absolute atomic E-state index is 12.5. The van der Waals surface area contributed by atoms with E-state index >= 15 is 0 Å². The summed E-state index contributed by atoms with van der Waals surface area (Å²) in [5.41, 5.74) is 0.740. The van der Waals surface area contributed by atoms with Crippen molar-refractivity contribution in [2.75, 3.05) is 20.2 Å². The van der Waals surface area contributed by atoms with E-state index in [1.807, 2.05) is 18.2 Å². The number of aromatic nitrogens is 2. The fraction of sp³-hybridized carbons (Fsp3) is 0.571. The molecule has 2 N–H and O–H groups in total. The average molecular weight is 455 g/mol. The number of amides is 1. The van der Waals surface area contributed by atoms with Gasteiger partial charge in [-0.1, -0.05) is 28.9 Å². The summed E-state index contributed by atoms with van der Waals surface area (Å²) < 4.78 is 11.0. The molecule has 0 radical (unpaired) electrons. The summed E-state index contributed by atoms with van der Waals surface area (Å²) in [6, 6.07) is 7.47. The number of hydrogen-bond acceptors (Lipinski definition) is 6. The molecule has 30 heavy (non-hydrogen) atoms. The molecular weight excluding hydrogens is 427 g/mol. The molecule has 1 aromatic carbocycles. The van der Waals surface area contributed by atoms with Crippen molar-refractivity contribution in [3.63, 3.8) is 0 Å². The summed E-state index contributed by atoms with van der Waals surface area (Å²) in [6.07, 6.45) is 3.70. The van der Waals surface area contributed by atoms with Crippen LogP contribution in [0, 0.1) is 11.8 Å². The Morgan fingerprint density at radius 1 is 1.30 bits per heavy atom. The van der Waals surface area contributed by atoms with Gasteiger partial charge in [0.25, 0.3) is 0 Å². The number of ether oxygens (including phenoxy) is 1. The van der Waals surface area contributed by atoms with Crippen LogP contribution in [0.25, 0.3) is 11.4 Å². The standard InChI is InChI=1S/C21H27ClN4O3.ClH/c1-28-18-10-14-12-23-11-13(14)9-17(18)24-19(27)7-4-8-20-25-21(26-29-20)15-5-2-3-6-16(15)22;/h2-3,5-6,13-14,17-18,23H,4,7-12H2,1H3,(H,24,27);1H/t13-,14+,17-,18-;/m0./s1. The van der Waals surface area contributed by atoms with Crippen molar-refractivity contribution < 1.29 is 14.1 Å². The molecule has 2 aliphatic rings.